The summed E-state index contributed by atoms with van der Waals surface area (Å²) in [4.78, 5) is 23.4. The molecule has 5 nitrogen and oxygen atoms in total. The van der Waals surface area contributed by atoms with Crippen molar-refractivity contribution in [1.29, 1.82) is 0 Å². The molecule has 0 saturated heterocycles. The van der Waals surface area contributed by atoms with E-state index in [9.17, 15) is 9.59 Å². The quantitative estimate of drug-likeness (QED) is 0.691. The van der Waals surface area contributed by atoms with Gasteiger partial charge in [0, 0.05) is 0 Å². The van der Waals surface area contributed by atoms with Crippen molar-refractivity contribution in [3.8, 4) is 0 Å². The van der Waals surface area contributed by atoms with Crippen LogP contribution in [0.25, 0.3) is 0 Å². The summed E-state index contributed by atoms with van der Waals surface area (Å²) in [6, 6.07) is -0.633. The van der Waals surface area contributed by atoms with E-state index in [0.29, 0.717) is 19.6 Å². The Morgan fingerprint density at radius 2 is 1.68 bits per heavy atom. The summed E-state index contributed by atoms with van der Waals surface area (Å²) in [7, 11) is 0. The van der Waals surface area contributed by atoms with Gasteiger partial charge in [-0.05, 0) is 24.7 Å². The largest absolute Gasteiger partial charge is 0.464 e. The topological polar surface area (TPSA) is 64.6 Å². The summed E-state index contributed by atoms with van der Waals surface area (Å²) in [5.74, 6) is 0.156. The third-order valence-electron chi connectivity index (χ3n) is 2.28. The second kappa shape index (κ2) is 9.64. The van der Waals surface area contributed by atoms with Crippen LogP contribution in [0.4, 0.5) is 4.79 Å². The minimum atomic E-state index is -0.633. The third-order valence-corrected chi connectivity index (χ3v) is 2.28. The van der Waals surface area contributed by atoms with Gasteiger partial charge in [-0.15, -0.1) is 0 Å². The number of ether oxygens (including phenoxy) is 2. The lowest BCUT2D eigenvalue weighted by Crippen LogP contribution is -2.43. The van der Waals surface area contributed by atoms with Crippen molar-refractivity contribution >= 4 is 12.1 Å². The first-order valence-corrected chi connectivity index (χ1v) is 6.96. The van der Waals surface area contributed by atoms with Gasteiger partial charge >= 0.3 is 12.1 Å². The number of esters is 1. The highest BCUT2D eigenvalue weighted by molar-refractivity contribution is 5.81. The molecule has 1 amide bonds. The number of nitrogens with one attached hydrogen (secondary N) is 1. The van der Waals surface area contributed by atoms with E-state index in [0.717, 1.165) is 6.42 Å². The molecular formula is C14H27NO4. The first kappa shape index (κ1) is 17.7. The smallest absolute Gasteiger partial charge is 0.407 e. The maximum absolute atomic E-state index is 11.8. The number of hydrogen-bond acceptors (Lipinski definition) is 4. The van der Waals surface area contributed by atoms with Gasteiger partial charge < -0.3 is 14.8 Å². The average molecular weight is 273 g/mol. The Kier molecular flexibility index (Phi) is 9.00. The summed E-state index contributed by atoms with van der Waals surface area (Å²) < 4.78 is 10.1. The first-order chi connectivity index (χ1) is 8.86. The fourth-order valence-corrected chi connectivity index (χ4v) is 1.42. The lowest BCUT2D eigenvalue weighted by molar-refractivity contribution is -0.146. The van der Waals surface area contributed by atoms with Gasteiger partial charge in [-0.1, -0.05) is 34.6 Å². The number of carbonyl (C=O) groups excluding carboxylic acids is 2. The van der Waals surface area contributed by atoms with Gasteiger partial charge in [-0.3, -0.25) is 0 Å². The van der Waals surface area contributed by atoms with Crippen LogP contribution in [0, 0.1) is 11.8 Å². The zero-order valence-electron chi connectivity index (χ0n) is 12.7. The summed E-state index contributed by atoms with van der Waals surface area (Å²) >= 11 is 0. The number of rotatable bonds is 8. The van der Waals surface area contributed by atoms with E-state index >= 15 is 0 Å². The van der Waals surface area contributed by atoms with Crippen LogP contribution in [0.2, 0.25) is 0 Å². The van der Waals surface area contributed by atoms with Crippen LogP contribution in [-0.4, -0.2) is 31.3 Å². The molecule has 0 heterocycles. The number of hydrogen-bond donors (Lipinski definition) is 1. The number of carbonyl (C=O) groups is 2. The maximum Gasteiger partial charge on any atom is 0.407 e. The molecule has 0 aliphatic rings. The zero-order valence-corrected chi connectivity index (χ0v) is 12.7. The normalized spacial score (nSPS) is 12.4. The second-order valence-corrected chi connectivity index (χ2v) is 5.49. The van der Waals surface area contributed by atoms with E-state index in [1.165, 1.54) is 0 Å². The van der Waals surface area contributed by atoms with E-state index in [1.807, 2.05) is 34.6 Å². The molecule has 0 aliphatic heterocycles. The fourth-order valence-electron chi connectivity index (χ4n) is 1.42. The third kappa shape index (κ3) is 9.33. The Labute approximate surface area is 116 Å². The summed E-state index contributed by atoms with van der Waals surface area (Å²) in [5.41, 5.74) is 0. The second-order valence-electron chi connectivity index (χ2n) is 5.49. The molecule has 0 aromatic carbocycles. The Bertz CT molecular complexity index is 277. The highest BCUT2D eigenvalue weighted by Crippen LogP contribution is 2.07. The Morgan fingerprint density at radius 1 is 1.05 bits per heavy atom. The van der Waals surface area contributed by atoms with Crippen molar-refractivity contribution in [2.24, 2.45) is 11.8 Å². The van der Waals surface area contributed by atoms with Crippen LogP contribution in [0.1, 0.15) is 47.5 Å². The van der Waals surface area contributed by atoms with Crippen LogP contribution < -0.4 is 5.32 Å². The molecule has 0 aliphatic carbocycles. The monoisotopic (exact) mass is 273 g/mol. The number of alkyl carbamates (subject to hydrolysis) is 1. The Hall–Kier alpha value is -1.26. The van der Waals surface area contributed by atoms with Gasteiger partial charge in [0.05, 0.1) is 13.2 Å². The van der Waals surface area contributed by atoms with Crippen molar-refractivity contribution in [3.63, 3.8) is 0 Å². The average Bonchev–Trinajstić information content (AvgIpc) is 2.32. The minimum absolute atomic E-state index is 0.265. The van der Waals surface area contributed by atoms with Gasteiger partial charge in [0.25, 0.3) is 0 Å². The molecule has 0 spiro atoms. The molecule has 0 saturated carbocycles. The molecule has 0 rings (SSSR count). The molecule has 5 heteroatoms. The molecule has 0 fully saturated rings. The Morgan fingerprint density at radius 3 is 2.16 bits per heavy atom. The maximum atomic E-state index is 11.8. The van der Waals surface area contributed by atoms with Gasteiger partial charge in [-0.25, -0.2) is 9.59 Å². The van der Waals surface area contributed by atoms with E-state index in [4.69, 9.17) is 9.47 Å². The predicted molar refractivity (Wildman–Crippen MR) is 73.8 cm³/mol. The molecule has 1 N–H and O–H groups in total. The lowest BCUT2D eigenvalue weighted by atomic mass is 10.0. The van der Waals surface area contributed by atoms with Gasteiger partial charge in [0.15, 0.2) is 0 Å². The zero-order chi connectivity index (χ0) is 14.8. The van der Waals surface area contributed by atoms with E-state index < -0.39 is 18.1 Å². The Balaban J connectivity index is 4.33. The summed E-state index contributed by atoms with van der Waals surface area (Å²) in [5, 5.41) is 2.58. The molecule has 112 valence electrons. The molecule has 0 radical (unpaired) electrons. The van der Waals surface area contributed by atoms with Crippen LogP contribution in [-0.2, 0) is 14.3 Å². The van der Waals surface area contributed by atoms with Gasteiger partial charge in [0.2, 0.25) is 0 Å². The van der Waals surface area contributed by atoms with Crippen molar-refractivity contribution in [2.75, 3.05) is 13.2 Å². The highest BCUT2D eigenvalue weighted by Gasteiger charge is 2.23. The highest BCUT2D eigenvalue weighted by atomic mass is 16.6. The van der Waals surface area contributed by atoms with E-state index in [-0.39, 0.29) is 11.8 Å². The van der Waals surface area contributed by atoms with Crippen molar-refractivity contribution in [3.05, 3.63) is 0 Å². The molecule has 0 unspecified atom stereocenters. The molecule has 0 bridgehead atoms. The summed E-state index contributed by atoms with van der Waals surface area (Å²) in [6.07, 6.45) is 0.741. The van der Waals surface area contributed by atoms with Gasteiger partial charge in [-0.2, -0.15) is 0 Å². The van der Waals surface area contributed by atoms with Crippen LogP contribution >= 0.6 is 0 Å². The molecule has 0 aromatic rings. The molecular weight excluding hydrogens is 246 g/mol. The summed E-state index contributed by atoms with van der Waals surface area (Å²) in [6.45, 7) is 10.5. The predicted octanol–water partition coefficient (Wildman–Crippen LogP) is 2.74. The standard InChI is InChI=1S/C14H27NO4/c1-6-7-18-13(16)12(8-10(2)3)15-14(17)19-9-11(4)5/h10-12H,6-9H2,1-5H3,(H,15,17)/t12-/m0/s1. The fraction of sp³-hybridized carbons (Fsp3) is 0.857. The van der Waals surface area contributed by atoms with Crippen molar-refractivity contribution in [2.45, 2.75) is 53.5 Å². The van der Waals surface area contributed by atoms with Crippen LogP contribution in [0.5, 0.6) is 0 Å². The van der Waals surface area contributed by atoms with Crippen LogP contribution in [0.15, 0.2) is 0 Å². The van der Waals surface area contributed by atoms with E-state index in [1.54, 1.807) is 0 Å². The molecule has 0 aromatic heterocycles. The van der Waals surface area contributed by atoms with Crippen LogP contribution in [0.3, 0.4) is 0 Å². The number of amides is 1. The van der Waals surface area contributed by atoms with Crippen molar-refractivity contribution < 1.29 is 19.1 Å². The molecule has 19 heavy (non-hydrogen) atoms. The minimum Gasteiger partial charge on any atom is -0.464 e. The molecule has 1 atom stereocenters. The van der Waals surface area contributed by atoms with Crippen molar-refractivity contribution in [1.82, 2.24) is 5.32 Å². The van der Waals surface area contributed by atoms with E-state index in [2.05, 4.69) is 5.32 Å². The SMILES string of the molecule is CCCOC(=O)[C@H](CC(C)C)NC(=O)OCC(C)C. The lowest BCUT2D eigenvalue weighted by Gasteiger charge is -2.19. The van der Waals surface area contributed by atoms with Gasteiger partial charge in [0.1, 0.15) is 6.04 Å². The first-order valence-electron chi connectivity index (χ1n) is 6.96.